The molecule has 2 atom stereocenters. The number of likely N-dealkylation sites (tertiary alicyclic amines) is 1. The van der Waals surface area contributed by atoms with Crippen molar-refractivity contribution in [1.82, 2.24) is 4.90 Å². The molecule has 0 aliphatic carbocycles. The molecule has 1 N–H and O–H groups in total. The molecule has 1 spiro atoms. The quantitative estimate of drug-likeness (QED) is 0.867. The second-order valence-corrected chi connectivity index (χ2v) is 7.50. The lowest BCUT2D eigenvalue weighted by Crippen LogP contribution is -2.52. The summed E-state index contributed by atoms with van der Waals surface area (Å²) in [6, 6.07) is 3.10. The first-order valence-corrected chi connectivity index (χ1v) is 9.47. The molecule has 0 saturated carbocycles. The molecule has 0 unspecified atom stereocenters. The predicted octanol–water partition coefficient (Wildman–Crippen LogP) is 3.13. The second kappa shape index (κ2) is 8.11. The second-order valence-electron chi connectivity index (χ2n) is 7.50. The van der Waals surface area contributed by atoms with Gasteiger partial charge in [-0.25, -0.2) is 4.39 Å². The van der Waals surface area contributed by atoms with Crippen molar-refractivity contribution in [1.29, 1.82) is 0 Å². The molecular weight excluding hydrogens is 337 g/mol. The summed E-state index contributed by atoms with van der Waals surface area (Å²) in [5, 5.41) is 10.2. The molecule has 2 fully saturated rings. The van der Waals surface area contributed by atoms with E-state index in [1.807, 2.05) is 0 Å². The van der Waals surface area contributed by atoms with Crippen molar-refractivity contribution in [2.75, 3.05) is 27.3 Å². The van der Waals surface area contributed by atoms with Crippen LogP contribution in [-0.4, -0.2) is 55.1 Å². The van der Waals surface area contributed by atoms with Crippen molar-refractivity contribution < 1.29 is 23.7 Å². The predicted molar refractivity (Wildman–Crippen MR) is 97.2 cm³/mol. The molecule has 0 aromatic heterocycles. The van der Waals surface area contributed by atoms with Crippen LogP contribution in [0, 0.1) is 5.82 Å². The van der Waals surface area contributed by atoms with Crippen LogP contribution in [-0.2, 0) is 11.3 Å². The van der Waals surface area contributed by atoms with Crippen LogP contribution in [0.4, 0.5) is 4.39 Å². The first-order valence-electron chi connectivity index (χ1n) is 9.47. The van der Waals surface area contributed by atoms with E-state index in [2.05, 4.69) is 11.8 Å². The van der Waals surface area contributed by atoms with Gasteiger partial charge in [-0.15, -0.1) is 0 Å². The highest BCUT2D eigenvalue weighted by Crippen LogP contribution is 2.39. The van der Waals surface area contributed by atoms with E-state index >= 15 is 0 Å². The van der Waals surface area contributed by atoms with Gasteiger partial charge in [0.05, 0.1) is 32.0 Å². The van der Waals surface area contributed by atoms with E-state index < -0.39 is 0 Å². The lowest BCUT2D eigenvalue weighted by molar-refractivity contribution is -0.182. The van der Waals surface area contributed by atoms with E-state index in [9.17, 15) is 9.50 Å². The number of piperidine rings is 1. The van der Waals surface area contributed by atoms with Gasteiger partial charge >= 0.3 is 0 Å². The van der Waals surface area contributed by atoms with Crippen LogP contribution in [0.3, 0.4) is 0 Å². The van der Waals surface area contributed by atoms with Crippen molar-refractivity contribution in [3.05, 3.63) is 23.5 Å². The minimum absolute atomic E-state index is 0.147. The van der Waals surface area contributed by atoms with E-state index in [1.165, 1.54) is 13.2 Å². The summed E-state index contributed by atoms with van der Waals surface area (Å²) in [4.78, 5) is 2.24. The Kier molecular flexibility index (Phi) is 6.05. The van der Waals surface area contributed by atoms with Gasteiger partial charge in [0.15, 0.2) is 11.5 Å². The van der Waals surface area contributed by atoms with Gasteiger partial charge in [0, 0.05) is 37.7 Å². The lowest BCUT2D eigenvalue weighted by atomic mass is 9.81. The minimum atomic E-state index is -0.279. The Morgan fingerprint density at radius 3 is 2.50 bits per heavy atom. The molecule has 2 saturated heterocycles. The molecule has 1 aromatic carbocycles. The molecule has 2 heterocycles. The molecule has 5 nitrogen and oxygen atoms in total. The van der Waals surface area contributed by atoms with E-state index in [4.69, 9.17) is 14.2 Å². The van der Waals surface area contributed by atoms with Crippen LogP contribution in [0.1, 0.15) is 44.6 Å². The fraction of sp³-hybridized carbons (Fsp3) is 0.700. The average molecular weight is 367 g/mol. The summed E-state index contributed by atoms with van der Waals surface area (Å²) in [5.74, 6) is 0.668. The smallest absolute Gasteiger partial charge is 0.163 e. The largest absolute Gasteiger partial charge is 0.493 e. The Morgan fingerprint density at radius 1 is 1.23 bits per heavy atom. The lowest BCUT2D eigenvalue weighted by Gasteiger charge is -2.48. The normalized spacial score (nSPS) is 26.0. The van der Waals surface area contributed by atoms with Gasteiger partial charge in [-0.2, -0.15) is 0 Å². The van der Waals surface area contributed by atoms with Gasteiger partial charge < -0.3 is 19.3 Å². The van der Waals surface area contributed by atoms with E-state index in [0.717, 1.165) is 38.8 Å². The summed E-state index contributed by atoms with van der Waals surface area (Å²) < 4.78 is 31.1. The van der Waals surface area contributed by atoms with E-state index in [0.29, 0.717) is 30.0 Å². The van der Waals surface area contributed by atoms with Crippen LogP contribution in [0.15, 0.2) is 12.1 Å². The third kappa shape index (κ3) is 4.13. The summed E-state index contributed by atoms with van der Waals surface area (Å²) in [5.41, 5.74) is 0.389. The van der Waals surface area contributed by atoms with Gasteiger partial charge in [0.2, 0.25) is 0 Å². The number of aliphatic hydroxyl groups is 1. The highest BCUT2D eigenvalue weighted by molar-refractivity contribution is 5.43. The summed E-state index contributed by atoms with van der Waals surface area (Å²) >= 11 is 0. The Balaban J connectivity index is 1.64. The van der Waals surface area contributed by atoms with Gasteiger partial charge in [0.25, 0.3) is 0 Å². The first kappa shape index (κ1) is 19.4. The zero-order chi connectivity index (χ0) is 18.7. The van der Waals surface area contributed by atoms with Crippen molar-refractivity contribution in [3.63, 3.8) is 0 Å². The summed E-state index contributed by atoms with van der Waals surface area (Å²) in [6.45, 7) is 4.29. The third-order valence-electron chi connectivity index (χ3n) is 5.73. The van der Waals surface area contributed by atoms with Crippen LogP contribution in [0.5, 0.6) is 11.5 Å². The summed E-state index contributed by atoms with van der Waals surface area (Å²) in [7, 11) is 3.06. The molecule has 2 aliphatic rings. The van der Waals surface area contributed by atoms with Gasteiger partial charge in [0.1, 0.15) is 5.82 Å². The number of benzene rings is 1. The molecule has 1 aromatic rings. The molecule has 26 heavy (non-hydrogen) atoms. The molecular formula is C20H30FNO4. The topological polar surface area (TPSA) is 51.2 Å². The molecule has 2 aliphatic heterocycles. The van der Waals surface area contributed by atoms with E-state index in [1.54, 1.807) is 13.2 Å². The minimum Gasteiger partial charge on any atom is -0.493 e. The number of ether oxygens (including phenoxy) is 3. The van der Waals surface area contributed by atoms with Crippen LogP contribution >= 0.6 is 0 Å². The van der Waals surface area contributed by atoms with Gasteiger partial charge in [-0.3, -0.25) is 4.90 Å². The molecule has 0 bridgehead atoms. The molecule has 3 rings (SSSR count). The SMILES string of the molecule is CC[C@H]1C[C@@H](O)CC2(CCN(Cc3cc(OC)c(OC)cc3F)CC2)O1. The first-order chi connectivity index (χ1) is 12.5. The number of aliphatic hydroxyl groups excluding tert-OH is 1. The van der Waals surface area contributed by atoms with Crippen molar-refractivity contribution >= 4 is 0 Å². The number of hydrogen-bond donors (Lipinski definition) is 1. The third-order valence-corrected chi connectivity index (χ3v) is 5.73. The fourth-order valence-corrected chi connectivity index (χ4v) is 4.21. The highest BCUT2D eigenvalue weighted by Gasteiger charge is 2.42. The van der Waals surface area contributed by atoms with Crippen molar-refractivity contribution in [2.24, 2.45) is 0 Å². The Morgan fingerprint density at radius 2 is 1.88 bits per heavy atom. The van der Waals surface area contributed by atoms with Crippen LogP contribution < -0.4 is 9.47 Å². The molecule has 6 heteroatoms. The highest BCUT2D eigenvalue weighted by atomic mass is 19.1. The molecule has 0 amide bonds. The monoisotopic (exact) mass is 367 g/mol. The maximum Gasteiger partial charge on any atom is 0.163 e. The van der Waals surface area contributed by atoms with Crippen molar-refractivity contribution in [2.45, 2.75) is 63.4 Å². The number of halogens is 1. The van der Waals surface area contributed by atoms with Gasteiger partial charge in [-0.05, 0) is 31.7 Å². The fourth-order valence-electron chi connectivity index (χ4n) is 4.21. The number of nitrogens with zero attached hydrogens (tertiary/aromatic N) is 1. The zero-order valence-corrected chi connectivity index (χ0v) is 16.0. The number of hydrogen-bond acceptors (Lipinski definition) is 5. The maximum atomic E-state index is 14.4. The standard InChI is InChI=1S/C20H30FNO4/c1-4-16-10-15(23)12-20(26-16)5-7-22(8-6-20)13-14-9-18(24-2)19(25-3)11-17(14)21/h9,11,15-16,23H,4-8,10,12-13H2,1-3H3/t15-,16+/m1/s1. The number of methoxy groups -OCH3 is 2. The summed E-state index contributed by atoms with van der Waals surface area (Å²) in [6.07, 6.45) is 3.99. The van der Waals surface area contributed by atoms with Crippen molar-refractivity contribution in [3.8, 4) is 11.5 Å². The Bertz CT molecular complexity index is 616. The maximum absolute atomic E-state index is 14.4. The van der Waals surface area contributed by atoms with Crippen LogP contribution in [0.2, 0.25) is 0 Å². The average Bonchev–Trinajstić information content (AvgIpc) is 2.64. The van der Waals surface area contributed by atoms with Crippen LogP contribution in [0.25, 0.3) is 0 Å². The Hall–Kier alpha value is -1.37. The molecule has 146 valence electrons. The zero-order valence-electron chi connectivity index (χ0n) is 16.0. The Labute approximate surface area is 155 Å². The van der Waals surface area contributed by atoms with Gasteiger partial charge in [-0.1, -0.05) is 6.92 Å². The van der Waals surface area contributed by atoms with E-state index in [-0.39, 0.29) is 23.6 Å². The molecule has 0 radical (unpaired) electrons. The number of rotatable bonds is 5.